The Kier molecular flexibility index (Phi) is 9.14. The van der Waals surface area contributed by atoms with E-state index in [4.69, 9.17) is 9.84 Å². The van der Waals surface area contributed by atoms with Crippen molar-refractivity contribution in [2.24, 2.45) is 0 Å². The second-order valence-electron chi connectivity index (χ2n) is 11.1. The van der Waals surface area contributed by atoms with Gasteiger partial charge in [-0.1, -0.05) is 6.07 Å². The lowest BCUT2D eigenvalue weighted by Crippen LogP contribution is -2.40. The van der Waals surface area contributed by atoms with E-state index in [9.17, 15) is 18.0 Å². The smallest absolute Gasteiger partial charge is 0.411 e. The Morgan fingerprint density at radius 1 is 1.18 bits per heavy atom. The second kappa shape index (κ2) is 12.2. The summed E-state index contributed by atoms with van der Waals surface area (Å²) in [6, 6.07) is 4.85. The molecule has 2 fully saturated rings. The first-order valence-electron chi connectivity index (χ1n) is 13.2. The van der Waals surface area contributed by atoms with Crippen LogP contribution >= 0.6 is 11.3 Å². The van der Waals surface area contributed by atoms with Crippen molar-refractivity contribution in [1.82, 2.24) is 20.3 Å². The molecule has 1 atom stereocenters. The number of sulfonamides is 1. The minimum absolute atomic E-state index is 0.0391. The van der Waals surface area contributed by atoms with Crippen molar-refractivity contribution in [2.45, 2.75) is 87.7 Å². The quantitative estimate of drug-likeness (QED) is 0.306. The maximum atomic E-state index is 13.5. The fourth-order valence-electron chi connectivity index (χ4n) is 4.97. The van der Waals surface area contributed by atoms with Gasteiger partial charge in [0.15, 0.2) is 0 Å². The van der Waals surface area contributed by atoms with Crippen LogP contribution in [0.5, 0.6) is 0 Å². The summed E-state index contributed by atoms with van der Waals surface area (Å²) in [4.78, 5) is 28.7. The van der Waals surface area contributed by atoms with Crippen LogP contribution in [0.4, 0.5) is 15.3 Å². The van der Waals surface area contributed by atoms with Crippen molar-refractivity contribution in [2.75, 3.05) is 18.5 Å². The van der Waals surface area contributed by atoms with Crippen LogP contribution in [0.25, 0.3) is 10.4 Å². The third kappa shape index (κ3) is 8.13. The number of carboxylic acid groups (broad SMARTS) is 1. The van der Waals surface area contributed by atoms with Crippen LogP contribution in [0, 0.1) is 0 Å². The molecule has 1 aliphatic carbocycles. The molecule has 214 valence electrons. The molecule has 2 heterocycles. The van der Waals surface area contributed by atoms with E-state index in [2.05, 4.69) is 25.7 Å². The molecule has 4 rings (SSSR count). The minimum Gasteiger partial charge on any atom is -0.465 e. The average Bonchev–Trinajstić information content (AvgIpc) is 3.54. The fraction of sp³-hybridized carbons (Fsp3) is 0.577. The number of hydrogen-bond donors (Lipinski definition) is 5. The lowest BCUT2D eigenvalue weighted by Gasteiger charge is -2.27. The first-order chi connectivity index (χ1) is 18.4. The highest BCUT2D eigenvalue weighted by Crippen LogP contribution is 2.40. The van der Waals surface area contributed by atoms with E-state index in [0.29, 0.717) is 16.1 Å². The number of amides is 2. The Bertz CT molecular complexity index is 1280. The molecule has 2 aromatic rings. The first kappa shape index (κ1) is 29.2. The van der Waals surface area contributed by atoms with E-state index in [1.807, 2.05) is 0 Å². The summed E-state index contributed by atoms with van der Waals surface area (Å²) in [6.45, 7) is 6.45. The van der Waals surface area contributed by atoms with Gasteiger partial charge in [-0.3, -0.25) is 5.32 Å². The van der Waals surface area contributed by atoms with Gasteiger partial charge in [0.25, 0.3) is 0 Å². The average molecular weight is 580 g/mol. The lowest BCUT2D eigenvalue weighted by atomic mass is 9.86. The molecular weight excluding hydrogens is 542 g/mol. The summed E-state index contributed by atoms with van der Waals surface area (Å²) < 4.78 is 35.0. The number of carbonyl (C=O) groups is 2. The summed E-state index contributed by atoms with van der Waals surface area (Å²) in [5.41, 5.74) is 0.0889. The third-order valence-electron chi connectivity index (χ3n) is 6.73. The number of ether oxygens (including phenoxy) is 1. The third-order valence-corrected chi connectivity index (χ3v) is 9.72. The number of thiazole rings is 1. The molecule has 1 saturated carbocycles. The van der Waals surface area contributed by atoms with Crippen molar-refractivity contribution in [1.29, 1.82) is 0 Å². The highest BCUT2D eigenvalue weighted by atomic mass is 32.2. The predicted octanol–water partition coefficient (Wildman–Crippen LogP) is 4.48. The molecule has 0 radical (unpaired) electrons. The molecule has 13 heteroatoms. The van der Waals surface area contributed by atoms with Crippen LogP contribution in [0.15, 0.2) is 29.3 Å². The largest absolute Gasteiger partial charge is 0.465 e. The van der Waals surface area contributed by atoms with Crippen molar-refractivity contribution >= 4 is 39.2 Å². The van der Waals surface area contributed by atoms with Gasteiger partial charge in [0.2, 0.25) is 10.0 Å². The highest BCUT2D eigenvalue weighted by Gasteiger charge is 2.29. The van der Waals surface area contributed by atoms with Crippen LogP contribution in [-0.2, 0) is 14.8 Å². The summed E-state index contributed by atoms with van der Waals surface area (Å²) in [5, 5.41) is 18.3. The Labute approximate surface area is 233 Å². The van der Waals surface area contributed by atoms with Crippen LogP contribution in [-0.4, -0.2) is 61.5 Å². The predicted molar refractivity (Wildman–Crippen MR) is 150 cm³/mol. The number of nitrogens with zero attached hydrogens (tertiary/aromatic N) is 1. The van der Waals surface area contributed by atoms with Gasteiger partial charge >= 0.3 is 12.2 Å². The van der Waals surface area contributed by atoms with Crippen molar-refractivity contribution in [3.8, 4) is 10.4 Å². The second-order valence-corrected chi connectivity index (χ2v) is 13.9. The maximum absolute atomic E-state index is 13.5. The Hall–Kier alpha value is -2.74. The summed E-state index contributed by atoms with van der Waals surface area (Å²) in [5.74, 6) is 0.188. The zero-order valence-corrected chi connectivity index (χ0v) is 24.1. The summed E-state index contributed by atoms with van der Waals surface area (Å²) in [6.07, 6.45) is 5.08. The molecule has 1 saturated heterocycles. The van der Waals surface area contributed by atoms with Crippen LogP contribution < -0.4 is 20.7 Å². The van der Waals surface area contributed by atoms with Gasteiger partial charge in [-0.05, 0) is 78.0 Å². The summed E-state index contributed by atoms with van der Waals surface area (Å²) >= 11 is 1.44. The van der Waals surface area contributed by atoms with E-state index in [0.717, 1.165) is 50.1 Å². The van der Waals surface area contributed by atoms with E-state index >= 15 is 0 Å². The molecule has 1 aromatic carbocycles. The normalized spacial score (nSPS) is 21.9. The molecule has 2 amide bonds. The van der Waals surface area contributed by atoms with Crippen LogP contribution in [0.2, 0.25) is 0 Å². The lowest BCUT2D eigenvalue weighted by molar-refractivity contribution is 0.151. The topological polar surface area (TPSA) is 159 Å². The zero-order chi connectivity index (χ0) is 28.2. The molecular formula is C26H37N5O6S2. The van der Waals surface area contributed by atoms with Crippen LogP contribution in [0.3, 0.4) is 0 Å². The van der Waals surface area contributed by atoms with E-state index in [1.165, 1.54) is 17.4 Å². The number of anilines is 1. The number of rotatable bonds is 8. The molecule has 1 aromatic heterocycles. The van der Waals surface area contributed by atoms with E-state index in [-0.39, 0.29) is 29.5 Å². The molecule has 2 aliphatic rings. The number of carbonyl (C=O) groups excluding carboxylic acids is 1. The molecule has 39 heavy (non-hydrogen) atoms. The van der Waals surface area contributed by atoms with Gasteiger partial charge in [-0.25, -0.2) is 27.7 Å². The zero-order valence-electron chi connectivity index (χ0n) is 22.5. The highest BCUT2D eigenvalue weighted by molar-refractivity contribution is 7.89. The minimum atomic E-state index is -3.95. The summed E-state index contributed by atoms with van der Waals surface area (Å²) in [7, 11) is -3.95. The monoisotopic (exact) mass is 579 g/mol. The number of hydrogen-bond acceptors (Lipinski definition) is 8. The Morgan fingerprint density at radius 3 is 2.56 bits per heavy atom. The van der Waals surface area contributed by atoms with Gasteiger partial charge in [0.05, 0.1) is 14.8 Å². The first-order valence-corrected chi connectivity index (χ1v) is 15.5. The molecule has 11 nitrogen and oxygen atoms in total. The molecule has 5 N–H and O–H groups in total. The SMILES string of the molecule is CC(C)(C)NS(=O)(=O)c1cc(NC(=O)OC[C@@H]2CCCN2)ccc1-c1cnc(C2CCC(NC(=O)O)CC2)s1. The van der Waals surface area contributed by atoms with Crippen molar-refractivity contribution in [3.63, 3.8) is 0 Å². The maximum Gasteiger partial charge on any atom is 0.411 e. The number of benzene rings is 1. The standard InChI is InChI=1S/C26H37N5O6S2/c1-26(2,3)31-39(35,36)22-13-18(30-25(34)37-15-19-5-4-12-27-19)10-11-20(22)21-14-28-23(38-21)16-6-8-17(9-7-16)29-24(32)33/h10-11,13-14,16-17,19,27,29,31H,4-9,12,15H2,1-3H3,(H,30,34)(H,32,33)/t16?,17?,19-/m0/s1. The van der Waals surface area contributed by atoms with Gasteiger partial charge in [0, 0.05) is 41.0 Å². The molecule has 0 spiro atoms. The van der Waals surface area contributed by atoms with E-state index < -0.39 is 27.7 Å². The number of aromatic nitrogens is 1. The van der Waals surface area contributed by atoms with Gasteiger partial charge < -0.3 is 20.5 Å². The Morgan fingerprint density at radius 2 is 1.92 bits per heavy atom. The molecule has 0 unspecified atom stereocenters. The van der Waals surface area contributed by atoms with Crippen LogP contribution in [0.1, 0.15) is 70.2 Å². The molecule has 1 aliphatic heterocycles. The number of nitrogens with one attached hydrogen (secondary N) is 4. The van der Waals surface area contributed by atoms with Crippen molar-refractivity contribution < 1.29 is 27.9 Å². The van der Waals surface area contributed by atoms with Crippen molar-refractivity contribution in [3.05, 3.63) is 29.4 Å². The fourth-order valence-corrected chi connectivity index (χ4v) is 7.83. The van der Waals surface area contributed by atoms with Gasteiger partial charge in [0.1, 0.15) is 6.61 Å². The molecule has 0 bridgehead atoms. The van der Waals surface area contributed by atoms with Gasteiger partial charge in [-0.2, -0.15) is 0 Å². The Balaban J connectivity index is 1.54. The van der Waals surface area contributed by atoms with Gasteiger partial charge in [-0.15, -0.1) is 11.3 Å². The van der Waals surface area contributed by atoms with E-state index in [1.54, 1.807) is 39.1 Å².